The first-order valence-corrected chi connectivity index (χ1v) is 8.94. The molecule has 8 heteroatoms. The third-order valence-electron chi connectivity index (χ3n) is 4.06. The molecule has 25 heavy (non-hydrogen) atoms. The van der Waals surface area contributed by atoms with Gasteiger partial charge in [-0.2, -0.15) is 5.10 Å². The average molecular weight is 409 g/mol. The molecule has 0 bridgehead atoms. The van der Waals surface area contributed by atoms with Crippen LogP contribution in [0.2, 0.25) is 0 Å². The Hall–Kier alpha value is -2.09. The lowest BCUT2D eigenvalue weighted by Crippen LogP contribution is -2.38. The molecule has 7 nitrogen and oxygen atoms in total. The molecule has 1 aromatic carbocycles. The molecule has 1 unspecified atom stereocenters. The Morgan fingerprint density at radius 3 is 2.72 bits per heavy atom. The van der Waals surface area contributed by atoms with Gasteiger partial charge in [0.25, 0.3) is 5.91 Å². The summed E-state index contributed by atoms with van der Waals surface area (Å²) in [5.41, 5.74) is 5.78. The quantitative estimate of drug-likeness (QED) is 0.823. The van der Waals surface area contributed by atoms with Crippen LogP contribution in [-0.2, 0) is 4.74 Å². The van der Waals surface area contributed by atoms with Gasteiger partial charge in [0.15, 0.2) is 0 Å². The topological polar surface area (TPSA) is 90.4 Å². The third-order valence-corrected chi connectivity index (χ3v) is 4.85. The largest absolute Gasteiger partial charge is 0.444 e. The number of carbonyl (C=O) groups excluding carboxylic acids is 2. The standard InChI is InChI=1S/C17H21BrN4O3/c1-17(2,3)25-16(24)21-9-5-8-12(21)22-14(18)10-6-4-7-11(15(19)23)13(10)20-22/h4,6-7,12H,5,8-9H2,1-3H3,(H2,19,23). The van der Waals surface area contributed by atoms with Gasteiger partial charge in [0, 0.05) is 11.9 Å². The molecule has 0 saturated carbocycles. The predicted octanol–water partition coefficient (Wildman–Crippen LogP) is 3.43. The highest BCUT2D eigenvalue weighted by atomic mass is 79.9. The number of halogens is 1. The van der Waals surface area contributed by atoms with Crippen LogP contribution in [0.25, 0.3) is 10.9 Å². The maximum absolute atomic E-state index is 12.5. The summed E-state index contributed by atoms with van der Waals surface area (Å²) >= 11 is 3.55. The van der Waals surface area contributed by atoms with Crippen molar-refractivity contribution in [2.75, 3.05) is 6.54 Å². The minimum atomic E-state index is -0.560. The van der Waals surface area contributed by atoms with Crippen molar-refractivity contribution in [2.45, 2.75) is 45.4 Å². The van der Waals surface area contributed by atoms with Crippen molar-refractivity contribution in [1.82, 2.24) is 14.7 Å². The molecule has 2 amide bonds. The fraction of sp³-hybridized carbons (Fsp3) is 0.471. The smallest absolute Gasteiger partial charge is 0.411 e. The van der Waals surface area contributed by atoms with E-state index in [1.165, 1.54) is 0 Å². The normalized spacial score (nSPS) is 17.9. The van der Waals surface area contributed by atoms with Crippen molar-refractivity contribution >= 4 is 38.8 Å². The highest BCUT2D eigenvalue weighted by Crippen LogP contribution is 2.35. The van der Waals surface area contributed by atoms with Gasteiger partial charge >= 0.3 is 6.09 Å². The van der Waals surface area contributed by atoms with E-state index in [9.17, 15) is 9.59 Å². The van der Waals surface area contributed by atoms with Gasteiger partial charge in [-0.3, -0.25) is 9.69 Å². The third kappa shape index (κ3) is 3.35. The van der Waals surface area contributed by atoms with E-state index in [4.69, 9.17) is 10.5 Å². The van der Waals surface area contributed by atoms with E-state index in [2.05, 4.69) is 21.0 Å². The predicted molar refractivity (Wildman–Crippen MR) is 97.2 cm³/mol. The van der Waals surface area contributed by atoms with Crippen molar-refractivity contribution in [2.24, 2.45) is 5.73 Å². The summed E-state index contributed by atoms with van der Waals surface area (Å²) in [6.45, 7) is 6.12. The van der Waals surface area contributed by atoms with E-state index in [-0.39, 0.29) is 12.3 Å². The van der Waals surface area contributed by atoms with Crippen LogP contribution in [0.15, 0.2) is 22.8 Å². The lowest BCUT2D eigenvalue weighted by Gasteiger charge is -2.29. The molecule has 134 valence electrons. The molecule has 2 aromatic rings. The Balaban J connectivity index is 2.01. The number of rotatable bonds is 2. The number of ether oxygens (including phenoxy) is 1. The molecule has 1 atom stereocenters. The van der Waals surface area contributed by atoms with Crippen LogP contribution in [0.4, 0.5) is 4.79 Å². The highest BCUT2D eigenvalue weighted by Gasteiger charge is 2.35. The molecule has 1 aromatic heterocycles. The van der Waals surface area contributed by atoms with E-state index in [1.54, 1.807) is 21.7 Å². The van der Waals surface area contributed by atoms with Gasteiger partial charge in [0.05, 0.1) is 5.56 Å². The van der Waals surface area contributed by atoms with E-state index < -0.39 is 11.5 Å². The molecule has 1 fully saturated rings. The molecule has 1 saturated heterocycles. The van der Waals surface area contributed by atoms with Crippen LogP contribution in [0, 0.1) is 0 Å². The first-order valence-electron chi connectivity index (χ1n) is 8.15. The second-order valence-corrected chi connectivity index (χ2v) is 7.85. The Labute approximate surface area is 154 Å². The number of carbonyl (C=O) groups is 2. The molecular formula is C17H21BrN4O3. The SMILES string of the molecule is CC(C)(C)OC(=O)N1CCCC1n1nc2c(C(N)=O)cccc2c1Br. The summed E-state index contributed by atoms with van der Waals surface area (Å²) in [5.74, 6) is -0.529. The molecule has 0 spiro atoms. The molecule has 2 heterocycles. The lowest BCUT2D eigenvalue weighted by atomic mass is 10.1. The van der Waals surface area contributed by atoms with Gasteiger partial charge in [-0.15, -0.1) is 0 Å². The van der Waals surface area contributed by atoms with E-state index in [0.717, 1.165) is 18.2 Å². The van der Waals surface area contributed by atoms with E-state index >= 15 is 0 Å². The summed E-state index contributed by atoms with van der Waals surface area (Å²) in [6.07, 6.45) is 0.987. The van der Waals surface area contributed by atoms with Crippen LogP contribution in [0.5, 0.6) is 0 Å². The van der Waals surface area contributed by atoms with Gasteiger partial charge in [0.2, 0.25) is 0 Å². The number of benzene rings is 1. The number of primary amides is 1. The number of amides is 2. The molecule has 3 rings (SSSR count). The van der Waals surface area contributed by atoms with Crippen molar-refractivity contribution < 1.29 is 14.3 Å². The molecule has 0 aliphatic carbocycles. The summed E-state index contributed by atoms with van der Waals surface area (Å²) < 4.78 is 7.95. The Bertz CT molecular complexity index is 840. The summed E-state index contributed by atoms with van der Waals surface area (Å²) in [7, 11) is 0. The first kappa shape index (κ1) is 17.7. The fourth-order valence-electron chi connectivity index (χ4n) is 3.03. The van der Waals surface area contributed by atoms with E-state index in [1.807, 2.05) is 26.8 Å². The lowest BCUT2D eigenvalue weighted by molar-refractivity contribution is 0.0147. The van der Waals surface area contributed by atoms with Crippen LogP contribution >= 0.6 is 15.9 Å². The Kier molecular flexibility index (Phi) is 4.49. The van der Waals surface area contributed by atoms with Crippen LogP contribution in [0.3, 0.4) is 0 Å². The van der Waals surface area contributed by atoms with Gasteiger partial charge in [-0.1, -0.05) is 6.07 Å². The molecular weight excluding hydrogens is 388 g/mol. The van der Waals surface area contributed by atoms with Crippen molar-refractivity contribution in [3.05, 3.63) is 28.4 Å². The Morgan fingerprint density at radius 1 is 1.36 bits per heavy atom. The van der Waals surface area contributed by atoms with Crippen molar-refractivity contribution in [1.29, 1.82) is 0 Å². The van der Waals surface area contributed by atoms with E-state index in [0.29, 0.717) is 22.2 Å². The van der Waals surface area contributed by atoms with Crippen LogP contribution < -0.4 is 5.73 Å². The molecule has 0 radical (unpaired) electrons. The summed E-state index contributed by atoms with van der Waals surface area (Å²) in [6, 6.07) is 5.27. The molecule has 2 N–H and O–H groups in total. The molecule has 1 aliphatic heterocycles. The number of hydrogen-bond acceptors (Lipinski definition) is 4. The van der Waals surface area contributed by atoms with Gasteiger partial charge in [-0.05, 0) is 61.7 Å². The van der Waals surface area contributed by atoms with Gasteiger partial charge < -0.3 is 10.5 Å². The minimum absolute atomic E-state index is 0.266. The number of likely N-dealkylation sites (tertiary alicyclic amines) is 1. The first-order chi connectivity index (χ1) is 11.7. The summed E-state index contributed by atoms with van der Waals surface area (Å²) in [4.78, 5) is 25.9. The van der Waals surface area contributed by atoms with Crippen molar-refractivity contribution in [3.63, 3.8) is 0 Å². The zero-order chi connectivity index (χ0) is 18.4. The number of nitrogens with zero attached hydrogens (tertiary/aromatic N) is 3. The summed E-state index contributed by atoms with van der Waals surface area (Å²) in [5, 5.41) is 5.35. The zero-order valence-electron chi connectivity index (χ0n) is 14.5. The minimum Gasteiger partial charge on any atom is -0.444 e. The number of hydrogen-bond donors (Lipinski definition) is 1. The Morgan fingerprint density at radius 2 is 2.08 bits per heavy atom. The molecule has 1 aliphatic rings. The number of fused-ring (bicyclic) bond motifs is 1. The highest BCUT2D eigenvalue weighted by molar-refractivity contribution is 9.10. The second kappa shape index (κ2) is 6.33. The number of aromatic nitrogens is 2. The van der Waals surface area contributed by atoms with Crippen molar-refractivity contribution in [3.8, 4) is 0 Å². The van der Waals surface area contributed by atoms with Gasteiger partial charge in [-0.25, -0.2) is 9.48 Å². The monoisotopic (exact) mass is 408 g/mol. The number of nitrogens with two attached hydrogens (primary N) is 1. The van der Waals surface area contributed by atoms with Gasteiger partial charge in [0.1, 0.15) is 21.9 Å². The second-order valence-electron chi connectivity index (χ2n) is 7.10. The van der Waals surface area contributed by atoms with Crippen LogP contribution in [0.1, 0.15) is 50.1 Å². The zero-order valence-corrected chi connectivity index (χ0v) is 16.0. The average Bonchev–Trinajstić information content (AvgIpc) is 3.10. The maximum Gasteiger partial charge on any atom is 0.411 e. The maximum atomic E-state index is 12.5. The van der Waals surface area contributed by atoms with Crippen LogP contribution in [-0.4, -0.2) is 38.8 Å². The fourth-order valence-corrected chi connectivity index (χ4v) is 3.66.